The fourth-order valence-corrected chi connectivity index (χ4v) is 5.08. The number of likely N-dealkylation sites (N-methyl/N-ethyl adjacent to an activating group) is 1. The van der Waals surface area contributed by atoms with Crippen molar-refractivity contribution in [3.63, 3.8) is 0 Å². The molecule has 0 aromatic heterocycles. The molecule has 1 aliphatic carbocycles. The van der Waals surface area contributed by atoms with Crippen molar-refractivity contribution in [3.05, 3.63) is 0 Å². The maximum atomic E-state index is 12.1. The quantitative estimate of drug-likeness (QED) is 0.0465. The first-order chi connectivity index (χ1) is 20.7. The summed E-state index contributed by atoms with van der Waals surface area (Å²) >= 11 is 0. The van der Waals surface area contributed by atoms with E-state index in [9.17, 15) is 40.5 Å². The number of hydrogen-bond donors (Lipinski definition) is 14. The van der Waals surface area contributed by atoms with E-state index in [1.54, 1.807) is 0 Å². The Morgan fingerprint density at radius 1 is 0.889 bits per heavy atom. The summed E-state index contributed by atoms with van der Waals surface area (Å²) in [7, 11) is -3.25. The molecule has 0 radical (unpaired) electrons. The molecule has 11 unspecified atom stereocenters. The largest absolute Gasteiger partial charge is 0.394 e. The SMILES string of the molecule is CNC1C(O)C(O)C(CO)O[C@H]1OC1C(O[C@@H]2C(O)C(O)[C@@H](N=C(N)N)C(O)C2N=C(N)N)OC(C)[C@]1(O)C=O.O=S(=O)(O)O. The number of carbonyl (C=O) groups excluding carboxylic acids is 1. The number of nitrogens with one attached hydrogen (secondary N) is 1. The van der Waals surface area contributed by atoms with Crippen LogP contribution in [-0.4, -0.2) is 176 Å². The number of carbonyl (C=O) groups is 1. The number of aldehydes is 1. The van der Waals surface area contributed by atoms with Crippen molar-refractivity contribution >= 4 is 28.6 Å². The molecule has 0 aromatic carbocycles. The highest BCUT2D eigenvalue weighted by Crippen LogP contribution is 2.38. The number of rotatable bonds is 9. The van der Waals surface area contributed by atoms with Gasteiger partial charge in [-0.25, -0.2) is 9.98 Å². The van der Waals surface area contributed by atoms with Gasteiger partial charge in [0.05, 0.1) is 18.8 Å². The van der Waals surface area contributed by atoms with E-state index in [1.807, 2.05) is 0 Å². The molecule has 0 aromatic rings. The van der Waals surface area contributed by atoms with E-state index in [-0.39, 0.29) is 6.29 Å². The molecule has 262 valence electrons. The van der Waals surface area contributed by atoms with Gasteiger partial charge < -0.3 is 82.9 Å². The molecule has 3 rings (SSSR count). The lowest BCUT2D eigenvalue weighted by Crippen LogP contribution is -2.66. The summed E-state index contributed by atoms with van der Waals surface area (Å²) in [6.07, 6.45) is -17.3. The third-order valence-corrected chi connectivity index (χ3v) is 7.34. The van der Waals surface area contributed by atoms with Crippen molar-refractivity contribution in [2.45, 2.75) is 98.2 Å². The minimum Gasteiger partial charge on any atom is -0.394 e. The van der Waals surface area contributed by atoms with Crippen molar-refractivity contribution in [2.75, 3.05) is 13.7 Å². The van der Waals surface area contributed by atoms with Crippen molar-refractivity contribution in [3.8, 4) is 0 Å². The van der Waals surface area contributed by atoms with Crippen molar-refractivity contribution in [1.29, 1.82) is 0 Å². The number of hydrogen-bond acceptors (Lipinski definition) is 17. The van der Waals surface area contributed by atoms with Gasteiger partial charge >= 0.3 is 10.4 Å². The van der Waals surface area contributed by atoms with Crippen LogP contribution in [0, 0.1) is 0 Å². The van der Waals surface area contributed by atoms with Crippen LogP contribution < -0.4 is 28.3 Å². The van der Waals surface area contributed by atoms with Gasteiger partial charge in [0.2, 0.25) is 0 Å². The van der Waals surface area contributed by atoms with Gasteiger partial charge in [-0.15, -0.1) is 0 Å². The minimum atomic E-state index is -4.67. The number of aliphatic imine (C=N–C) groups is 2. The fourth-order valence-electron chi connectivity index (χ4n) is 5.08. The van der Waals surface area contributed by atoms with Gasteiger partial charge in [0.15, 0.2) is 36.4 Å². The third kappa shape index (κ3) is 9.11. The van der Waals surface area contributed by atoms with Gasteiger partial charge in [0, 0.05) is 0 Å². The van der Waals surface area contributed by atoms with Gasteiger partial charge in [0.25, 0.3) is 0 Å². The maximum Gasteiger partial charge on any atom is 0.394 e. The maximum absolute atomic E-state index is 12.1. The van der Waals surface area contributed by atoms with E-state index in [2.05, 4.69) is 15.3 Å². The van der Waals surface area contributed by atoms with Crippen molar-refractivity contribution < 1.29 is 77.0 Å². The first-order valence-electron chi connectivity index (χ1n) is 13.1. The highest BCUT2D eigenvalue weighted by Gasteiger charge is 2.60. The molecule has 2 saturated heterocycles. The summed E-state index contributed by atoms with van der Waals surface area (Å²) in [4.78, 5) is 19.7. The highest BCUT2D eigenvalue weighted by atomic mass is 32.3. The molecule has 2 heterocycles. The number of aliphatic hydroxyl groups is 7. The Hall–Kier alpha value is -2.40. The van der Waals surface area contributed by atoms with Gasteiger partial charge in [0.1, 0.15) is 60.9 Å². The monoisotopic (exact) mass is 679 g/mol. The van der Waals surface area contributed by atoms with Crippen LogP contribution in [0.3, 0.4) is 0 Å². The molecule has 23 nitrogen and oxygen atoms in total. The molecule has 3 aliphatic rings. The average molecular weight is 680 g/mol. The Morgan fingerprint density at radius 2 is 1.42 bits per heavy atom. The van der Waals surface area contributed by atoms with Crippen LogP contribution in [-0.2, 0) is 34.1 Å². The lowest BCUT2D eigenvalue weighted by Gasteiger charge is -2.45. The summed E-state index contributed by atoms with van der Waals surface area (Å²) in [5.74, 6) is -1.03. The van der Waals surface area contributed by atoms with E-state index in [4.69, 9.17) is 59.4 Å². The molecule has 2 aliphatic heterocycles. The second-order valence-electron chi connectivity index (χ2n) is 10.3. The lowest BCUT2D eigenvalue weighted by atomic mass is 9.81. The summed E-state index contributed by atoms with van der Waals surface area (Å²) in [6.45, 7) is 0.620. The molecule has 15 atom stereocenters. The van der Waals surface area contributed by atoms with E-state index in [1.165, 1.54) is 14.0 Å². The Labute approximate surface area is 256 Å². The van der Waals surface area contributed by atoms with Gasteiger partial charge in [-0.2, -0.15) is 8.42 Å². The molecule has 24 heteroatoms. The summed E-state index contributed by atoms with van der Waals surface area (Å²) < 4.78 is 54.5. The smallest absolute Gasteiger partial charge is 0.394 e. The second-order valence-corrected chi connectivity index (χ2v) is 11.2. The first-order valence-corrected chi connectivity index (χ1v) is 14.5. The predicted octanol–water partition coefficient (Wildman–Crippen LogP) is -8.81. The van der Waals surface area contributed by atoms with Crippen LogP contribution in [0.1, 0.15) is 6.92 Å². The number of nitrogens with two attached hydrogens (primary N) is 4. The van der Waals surface area contributed by atoms with Crippen LogP contribution in [0.5, 0.6) is 0 Å². The molecule has 1 saturated carbocycles. The van der Waals surface area contributed by atoms with E-state index < -0.39 is 120 Å². The van der Waals surface area contributed by atoms with Gasteiger partial charge in [-0.05, 0) is 14.0 Å². The normalized spacial score (nSPS) is 43.4. The zero-order chi connectivity index (χ0) is 34.6. The zero-order valence-electron chi connectivity index (χ0n) is 23.9. The van der Waals surface area contributed by atoms with Crippen molar-refractivity contribution in [2.24, 2.45) is 32.9 Å². The molecule has 0 amide bonds. The topological polar surface area (TPSA) is 411 Å². The van der Waals surface area contributed by atoms with Crippen LogP contribution >= 0.6 is 0 Å². The third-order valence-electron chi connectivity index (χ3n) is 7.34. The lowest BCUT2D eigenvalue weighted by molar-refractivity contribution is -0.314. The standard InChI is InChI=1S/C21H39N7O12.H2O4S/c1-5-21(36,4-30)16(40-17-9(26-2)13(34)10(31)6(3-29)38-17)18(37-5)39-15-8(28-20(24)25)11(32)7(27-19(22)23)12(33)14(15)35;1-5(2,3)4/h4-18,26,29,31-36H,3H2,1-2H3,(H4,22,23,27)(H4,24,25,28);(H2,1,2,3,4)/t5?,6?,7-,8?,9?,10?,11?,12?,13?,14?,15-,16?,17-,18?,21+;/m0./s1. The minimum absolute atomic E-state index is 0.140. The molecular formula is C21H41N7O16S. The molecule has 18 N–H and O–H groups in total. The molecule has 0 bridgehead atoms. The van der Waals surface area contributed by atoms with E-state index >= 15 is 0 Å². The van der Waals surface area contributed by atoms with Crippen LogP contribution in [0.2, 0.25) is 0 Å². The average Bonchev–Trinajstić information content (AvgIpc) is 3.16. The zero-order valence-corrected chi connectivity index (χ0v) is 24.7. The van der Waals surface area contributed by atoms with Crippen molar-refractivity contribution in [1.82, 2.24) is 5.32 Å². The first kappa shape index (κ1) is 38.8. The van der Waals surface area contributed by atoms with Crippen LogP contribution in [0.4, 0.5) is 0 Å². The number of ether oxygens (including phenoxy) is 4. The van der Waals surface area contributed by atoms with Gasteiger partial charge in [-0.1, -0.05) is 0 Å². The van der Waals surface area contributed by atoms with E-state index in [0.29, 0.717) is 0 Å². The summed E-state index contributed by atoms with van der Waals surface area (Å²) in [5.41, 5.74) is 19.4. The van der Waals surface area contributed by atoms with Gasteiger partial charge in [-0.3, -0.25) is 13.9 Å². The number of aliphatic hydroxyl groups excluding tert-OH is 6. The number of guanidine groups is 2. The Balaban J connectivity index is 0.00000130. The Morgan fingerprint density at radius 3 is 1.89 bits per heavy atom. The van der Waals surface area contributed by atoms with Crippen LogP contribution in [0.25, 0.3) is 0 Å². The molecular weight excluding hydrogens is 638 g/mol. The Kier molecular flexibility index (Phi) is 13.3. The van der Waals surface area contributed by atoms with Crippen LogP contribution in [0.15, 0.2) is 9.98 Å². The summed E-state index contributed by atoms with van der Waals surface area (Å²) in [5, 5.41) is 76.6. The summed E-state index contributed by atoms with van der Waals surface area (Å²) in [6, 6.07) is -4.08. The van der Waals surface area contributed by atoms with E-state index in [0.717, 1.165) is 0 Å². The second kappa shape index (κ2) is 15.5. The number of nitrogens with zero attached hydrogens (tertiary/aromatic N) is 2. The predicted molar refractivity (Wildman–Crippen MR) is 147 cm³/mol. The molecule has 45 heavy (non-hydrogen) atoms. The highest BCUT2D eigenvalue weighted by molar-refractivity contribution is 7.79. The Bertz CT molecular complexity index is 1150. The molecule has 0 spiro atoms. The molecule has 3 fully saturated rings. The fraction of sp³-hybridized carbons (Fsp3) is 0.857.